The molecule has 0 aliphatic carbocycles. The van der Waals surface area contributed by atoms with Gasteiger partial charge in [-0.3, -0.25) is 14.9 Å². The number of carbonyl (C=O) groups is 1. The summed E-state index contributed by atoms with van der Waals surface area (Å²) in [4.78, 5) is 23.9. The molecule has 110 valence electrons. The van der Waals surface area contributed by atoms with Gasteiger partial charge in [-0.25, -0.2) is 0 Å². The van der Waals surface area contributed by atoms with Gasteiger partial charge in [-0.05, 0) is 26.3 Å². The van der Waals surface area contributed by atoms with Crippen molar-refractivity contribution in [2.75, 3.05) is 13.6 Å². The molecule has 6 heteroatoms. The molecule has 1 aromatic rings. The molecular weight excluding hydrogens is 260 g/mol. The first-order chi connectivity index (χ1) is 9.11. The molecule has 20 heavy (non-hydrogen) atoms. The number of benzene rings is 1. The van der Waals surface area contributed by atoms with Crippen molar-refractivity contribution in [3.8, 4) is 0 Å². The fourth-order valence-electron chi connectivity index (χ4n) is 2.04. The van der Waals surface area contributed by atoms with E-state index in [1.54, 1.807) is 40.0 Å². The second-order valence-corrected chi connectivity index (χ2v) is 5.58. The highest BCUT2D eigenvalue weighted by Gasteiger charge is 2.24. The number of hydrogen-bond acceptors (Lipinski definition) is 4. The van der Waals surface area contributed by atoms with Gasteiger partial charge in [-0.2, -0.15) is 0 Å². The quantitative estimate of drug-likeness (QED) is 0.659. The maximum absolute atomic E-state index is 12.2. The molecule has 1 rings (SSSR count). The fourth-order valence-corrected chi connectivity index (χ4v) is 2.04. The van der Waals surface area contributed by atoms with E-state index < -0.39 is 16.4 Å². The van der Waals surface area contributed by atoms with Crippen LogP contribution in [0.1, 0.15) is 32.3 Å². The van der Waals surface area contributed by atoms with Gasteiger partial charge in [0.15, 0.2) is 0 Å². The average Bonchev–Trinajstić information content (AvgIpc) is 2.35. The van der Waals surface area contributed by atoms with Crippen LogP contribution in [0.25, 0.3) is 0 Å². The molecule has 0 aliphatic heterocycles. The molecule has 0 aliphatic rings. The van der Waals surface area contributed by atoms with Crippen LogP contribution in [0.3, 0.4) is 0 Å². The number of nitrogens with zero attached hydrogens (tertiary/aromatic N) is 2. The molecule has 1 N–H and O–H groups in total. The molecule has 1 amide bonds. The number of non-ortho nitro benzene ring substituents is 1. The van der Waals surface area contributed by atoms with Crippen molar-refractivity contribution in [1.29, 1.82) is 0 Å². The molecule has 1 unspecified atom stereocenters. The van der Waals surface area contributed by atoms with Gasteiger partial charge >= 0.3 is 0 Å². The summed E-state index contributed by atoms with van der Waals surface area (Å²) < 4.78 is 0. The highest BCUT2D eigenvalue weighted by atomic mass is 16.6. The Bertz CT molecular complexity index is 508. The Morgan fingerprint density at radius 2 is 2.10 bits per heavy atom. The van der Waals surface area contributed by atoms with Gasteiger partial charge < -0.3 is 10.0 Å². The monoisotopic (exact) mass is 280 g/mol. The van der Waals surface area contributed by atoms with Crippen LogP contribution in [0.2, 0.25) is 0 Å². The first kappa shape index (κ1) is 16.1. The van der Waals surface area contributed by atoms with Crippen molar-refractivity contribution in [3.63, 3.8) is 0 Å². The number of hydrogen-bond donors (Lipinski definition) is 1. The first-order valence-corrected chi connectivity index (χ1v) is 6.33. The summed E-state index contributed by atoms with van der Waals surface area (Å²) in [6.07, 6.45) is 0. The Morgan fingerprint density at radius 1 is 1.50 bits per heavy atom. The van der Waals surface area contributed by atoms with Gasteiger partial charge in [0.2, 0.25) is 5.91 Å². The predicted octanol–water partition coefficient (Wildman–Crippen LogP) is 1.93. The van der Waals surface area contributed by atoms with Crippen LogP contribution in [-0.2, 0) is 4.79 Å². The maximum atomic E-state index is 12.2. The Labute approximate surface area is 118 Å². The summed E-state index contributed by atoms with van der Waals surface area (Å²) in [5.74, 6) is -0.685. The largest absolute Gasteiger partial charge is 0.389 e. The highest BCUT2D eigenvalue weighted by molar-refractivity contribution is 5.83. The summed E-state index contributed by atoms with van der Waals surface area (Å²) in [6, 6.07) is 6.04. The van der Waals surface area contributed by atoms with E-state index in [0.717, 1.165) is 0 Å². The summed E-state index contributed by atoms with van der Waals surface area (Å²) in [5, 5.41) is 20.5. The third-order valence-electron chi connectivity index (χ3n) is 2.95. The van der Waals surface area contributed by atoms with Crippen LogP contribution in [0.15, 0.2) is 24.3 Å². The van der Waals surface area contributed by atoms with Crippen LogP contribution in [0.4, 0.5) is 5.69 Å². The maximum Gasteiger partial charge on any atom is 0.269 e. The van der Waals surface area contributed by atoms with Gasteiger partial charge in [0.25, 0.3) is 5.69 Å². The number of nitro groups is 1. The second-order valence-electron chi connectivity index (χ2n) is 5.58. The molecule has 6 nitrogen and oxygen atoms in total. The Balaban J connectivity index is 2.89. The van der Waals surface area contributed by atoms with Crippen molar-refractivity contribution in [2.24, 2.45) is 0 Å². The molecule has 0 saturated heterocycles. The summed E-state index contributed by atoms with van der Waals surface area (Å²) in [6.45, 7) is 5.14. The number of aliphatic hydroxyl groups is 1. The topological polar surface area (TPSA) is 83.7 Å². The lowest BCUT2D eigenvalue weighted by atomic mass is 9.98. The minimum atomic E-state index is -0.979. The van der Waals surface area contributed by atoms with Gasteiger partial charge in [-0.1, -0.05) is 12.1 Å². The lowest BCUT2D eigenvalue weighted by Crippen LogP contribution is -2.41. The predicted molar refractivity (Wildman–Crippen MR) is 75.4 cm³/mol. The Kier molecular flexibility index (Phi) is 4.83. The van der Waals surface area contributed by atoms with Crippen molar-refractivity contribution in [2.45, 2.75) is 32.3 Å². The molecule has 0 fully saturated rings. The van der Waals surface area contributed by atoms with E-state index in [0.29, 0.717) is 5.56 Å². The third-order valence-corrected chi connectivity index (χ3v) is 2.95. The van der Waals surface area contributed by atoms with E-state index in [2.05, 4.69) is 0 Å². The standard InChI is InChI=1S/C14H20N2O4/c1-10(13(17)15(4)9-14(2,3)18)11-6-5-7-12(8-11)16(19)20/h5-8,10,18H,9H2,1-4H3. The molecule has 1 aromatic carbocycles. The third kappa shape index (κ3) is 4.31. The minimum absolute atomic E-state index is 0.0349. The van der Waals surface area contributed by atoms with E-state index in [-0.39, 0.29) is 18.1 Å². The number of nitro benzene ring substituents is 1. The van der Waals surface area contributed by atoms with Crippen molar-refractivity contribution < 1.29 is 14.8 Å². The molecule has 0 bridgehead atoms. The average molecular weight is 280 g/mol. The molecular formula is C14H20N2O4. The van der Waals surface area contributed by atoms with E-state index in [1.165, 1.54) is 17.0 Å². The number of carbonyl (C=O) groups excluding carboxylic acids is 1. The summed E-state index contributed by atoms with van der Waals surface area (Å²) >= 11 is 0. The zero-order valence-corrected chi connectivity index (χ0v) is 12.2. The van der Waals surface area contributed by atoms with Crippen LogP contribution in [0, 0.1) is 10.1 Å². The van der Waals surface area contributed by atoms with Gasteiger partial charge in [0.05, 0.1) is 16.4 Å². The van der Waals surface area contributed by atoms with E-state index in [1.807, 2.05) is 0 Å². The van der Waals surface area contributed by atoms with Crippen LogP contribution in [-0.4, -0.2) is 40.0 Å². The molecule has 1 atom stereocenters. The van der Waals surface area contributed by atoms with E-state index in [4.69, 9.17) is 0 Å². The molecule has 0 radical (unpaired) electrons. The normalized spacial score (nSPS) is 12.8. The van der Waals surface area contributed by atoms with Gasteiger partial charge in [-0.15, -0.1) is 0 Å². The summed E-state index contributed by atoms with van der Waals surface area (Å²) in [7, 11) is 1.61. The zero-order chi connectivity index (χ0) is 15.5. The molecule has 0 aromatic heterocycles. The number of likely N-dealkylation sites (N-methyl/N-ethyl adjacent to an activating group) is 1. The smallest absolute Gasteiger partial charge is 0.269 e. The Morgan fingerprint density at radius 3 is 2.60 bits per heavy atom. The number of amides is 1. The van der Waals surface area contributed by atoms with Crippen LogP contribution < -0.4 is 0 Å². The second kappa shape index (κ2) is 6.00. The molecule has 0 heterocycles. The lowest BCUT2D eigenvalue weighted by Gasteiger charge is -2.27. The lowest BCUT2D eigenvalue weighted by molar-refractivity contribution is -0.384. The van der Waals surface area contributed by atoms with Gasteiger partial charge in [0, 0.05) is 25.7 Å². The van der Waals surface area contributed by atoms with Crippen LogP contribution >= 0.6 is 0 Å². The van der Waals surface area contributed by atoms with Gasteiger partial charge in [0.1, 0.15) is 0 Å². The fraction of sp³-hybridized carbons (Fsp3) is 0.500. The zero-order valence-electron chi connectivity index (χ0n) is 12.2. The molecule has 0 saturated carbocycles. The Hall–Kier alpha value is -1.95. The summed E-state index contributed by atoms with van der Waals surface area (Å²) in [5.41, 5.74) is -0.425. The van der Waals surface area contributed by atoms with E-state index >= 15 is 0 Å². The van der Waals surface area contributed by atoms with E-state index in [9.17, 15) is 20.0 Å². The number of rotatable bonds is 5. The molecule has 0 spiro atoms. The first-order valence-electron chi connectivity index (χ1n) is 6.33. The van der Waals surface area contributed by atoms with Crippen LogP contribution in [0.5, 0.6) is 0 Å². The van der Waals surface area contributed by atoms with Crippen molar-refractivity contribution in [3.05, 3.63) is 39.9 Å². The highest BCUT2D eigenvalue weighted by Crippen LogP contribution is 2.22. The minimum Gasteiger partial charge on any atom is -0.389 e. The van der Waals surface area contributed by atoms with Crippen molar-refractivity contribution in [1.82, 2.24) is 4.90 Å². The SMILES string of the molecule is CC(C(=O)N(C)CC(C)(C)O)c1cccc([N+](=O)[O-])c1. The van der Waals surface area contributed by atoms with Crippen molar-refractivity contribution >= 4 is 11.6 Å².